The molecule has 0 unspecified atom stereocenters. The molecule has 116 valence electrons. The Balaban J connectivity index is 2.18. The number of hydrogen-bond donors (Lipinski definition) is 1. The van der Waals surface area contributed by atoms with Crippen molar-refractivity contribution in [2.75, 3.05) is 19.6 Å². The smallest absolute Gasteiger partial charge is 0.264 e. The topological polar surface area (TPSA) is 61.8 Å². The van der Waals surface area contributed by atoms with Gasteiger partial charge in [-0.1, -0.05) is 31.5 Å². The second-order valence-electron chi connectivity index (χ2n) is 5.82. The molecule has 1 N–H and O–H groups in total. The maximum atomic E-state index is 12.4. The van der Waals surface area contributed by atoms with Crippen LogP contribution in [0.15, 0.2) is 34.2 Å². The summed E-state index contributed by atoms with van der Waals surface area (Å²) in [4.78, 5) is 6.63. The molecule has 21 heavy (non-hydrogen) atoms. The van der Waals surface area contributed by atoms with Crippen molar-refractivity contribution in [1.29, 1.82) is 0 Å². The van der Waals surface area contributed by atoms with E-state index >= 15 is 0 Å². The number of hydrogen-bond acceptors (Lipinski definition) is 4. The number of sulfonamides is 1. The third kappa shape index (κ3) is 4.20. The molecule has 0 fully saturated rings. The monoisotopic (exact) mass is 309 g/mol. The first-order valence-corrected chi connectivity index (χ1v) is 8.75. The van der Waals surface area contributed by atoms with Crippen molar-refractivity contribution in [3.63, 3.8) is 0 Å². The maximum absolute atomic E-state index is 12.4. The first-order chi connectivity index (χ1) is 9.88. The highest BCUT2D eigenvalue weighted by atomic mass is 32.2. The average molecular weight is 309 g/mol. The predicted molar refractivity (Wildman–Crippen MR) is 84.8 cm³/mol. The number of rotatable bonds is 4. The first-order valence-electron chi connectivity index (χ1n) is 7.27. The highest BCUT2D eigenvalue weighted by Crippen LogP contribution is 2.12. The summed E-state index contributed by atoms with van der Waals surface area (Å²) >= 11 is 0. The highest BCUT2D eigenvalue weighted by molar-refractivity contribution is 7.90. The Morgan fingerprint density at radius 1 is 1.29 bits per heavy atom. The van der Waals surface area contributed by atoms with Crippen molar-refractivity contribution >= 4 is 16.0 Å². The molecule has 0 radical (unpaired) electrons. The van der Waals surface area contributed by atoms with Crippen LogP contribution in [0.3, 0.4) is 0 Å². The Kier molecular flexibility index (Phi) is 4.88. The van der Waals surface area contributed by atoms with Crippen molar-refractivity contribution in [2.24, 2.45) is 10.9 Å². The lowest BCUT2D eigenvalue weighted by Crippen LogP contribution is -2.48. The average Bonchev–Trinajstić information content (AvgIpc) is 2.40. The minimum atomic E-state index is -3.57. The Hall–Kier alpha value is -1.56. The van der Waals surface area contributed by atoms with Crippen LogP contribution >= 0.6 is 0 Å². The zero-order valence-corrected chi connectivity index (χ0v) is 13.7. The quantitative estimate of drug-likeness (QED) is 0.925. The Morgan fingerprint density at radius 3 is 2.57 bits per heavy atom. The highest BCUT2D eigenvalue weighted by Gasteiger charge is 2.22. The molecule has 5 nitrogen and oxygen atoms in total. The van der Waals surface area contributed by atoms with E-state index < -0.39 is 10.0 Å². The Morgan fingerprint density at radius 2 is 1.95 bits per heavy atom. The zero-order valence-electron chi connectivity index (χ0n) is 12.8. The number of guanidine groups is 1. The van der Waals surface area contributed by atoms with Crippen molar-refractivity contribution in [3.05, 3.63) is 29.8 Å². The van der Waals surface area contributed by atoms with E-state index in [4.69, 9.17) is 0 Å². The fourth-order valence-corrected chi connectivity index (χ4v) is 3.31. The van der Waals surface area contributed by atoms with Gasteiger partial charge in [-0.3, -0.25) is 4.99 Å². The van der Waals surface area contributed by atoms with Gasteiger partial charge in [-0.2, -0.15) is 0 Å². The minimum absolute atomic E-state index is 0.269. The van der Waals surface area contributed by atoms with Crippen molar-refractivity contribution in [3.8, 4) is 0 Å². The fourth-order valence-electron chi connectivity index (χ4n) is 2.26. The Bertz CT molecular complexity index is 606. The number of benzene rings is 1. The standard InChI is InChI=1S/C15H23N3O2S/c1-12(2)11-18-10-4-9-16-15(18)17-21(19,20)14-7-5-13(3)6-8-14/h5-8,12H,4,9-11H2,1-3H3,(H,16,17). The van der Waals surface area contributed by atoms with Crippen LogP contribution in [0.5, 0.6) is 0 Å². The van der Waals surface area contributed by atoms with Gasteiger partial charge in [-0.25, -0.2) is 13.1 Å². The van der Waals surface area contributed by atoms with E-state index in [1.54, 1.807) is 24.3 Å². The van der Waals surface area contributed by atoms with E-state index in [-0.39, 0.29) is 4.90 Å². The normalized spacial score (nSPS) is 16.0. The third-order valence-electron chi connectivity index (χ3n) is 3.29. The molecule has 0 bridgehead atoms. The Labute approximate surface area is 127 Å². The molecule has 1 aromatic carbocycles. The summed E-state index contributed by atoms with van der Waals surface area (Å²) in [6.07, 6.45) is 0.961. The molecule has 1 aromatic rings. The molecular weight excluding hydrogens is 286 g/mol. The molecule has 0 amide bonds. The van der Waals surface area contributed by atoms with E-state index in [9.17, 15) is 8.42 Å². The lowest BCUT2D eigenvalue weighted by atomic mass is 10.2. The largest absolute Gasteiger partial charge is 0.342 e. The first kappa shape index (κ1) is 15.8. The molecule has 1 aliphatic heterocycles. The summed E-state index contributed by atoms with van der Waals surface area (Å²) in [5, 5.41) is 0. The van der Waals surface area contributed by atoms with Gasteiger partial charge >= 0.3 is 0 Å². The molecule has 2 rings (SSSR count). The summed E-state index contributed by atoms with van der Waals surface area (Å²) in [7, 11) is -3.57. The van der Waals surface area contributed by atoms with Gasteiger partial charge in [0.15, 0.2) is 0 Å². The van der Waals surface area contributed by atoms with Crippen LogP contribution in [0.1, 0.15) is 25.8 Å². The second kappa shape index (κ2) is 6.47. The second-order valence-corrected chi connectivity index (χ2v) is 7.50. The fraction of sp³-hybridized carbons (Fsp3) is 0.533. The van der Waals surface area contributed by atoms with E-state index in [2.05, 4.69) is 23.6 Å². The SMILES string of the molecule is Cc1ccc(S(=O)(=O)NC2=NCCCN2CC(C)C)cc1. The molecule has 0 saturated heterocycles. The molecule has 0 atom stereocenters. The van der Waals surface area contributed by atoms with Gasteiger partial charge in [0, 0.05) is 19.6 Å². The summed E-state index contributed by atoms with van der Waals surface area (Å²) < 4.78 is 27.5. The van der Waals surface area contributed by atoms with E-state index in [0.717, 1.165) is 25.1 Å². The summed E-state index contributed by atoms with van der Waals surface area (Å²) in [5.41, 5.74) is 1.03. The van der Waals surface area contributed by atoms with Crippen LogP contribution in [0.4, 0.5) is 0 Å². The van der Waals surface area contributed by atoms with Crippen LogP contribution in [0.2, 0.25) is 0 Å². The van der Waals surface area contributed by atoms with Crippen molar-refractivity contribution in [2.45, 2.75) is 32.1 Å². The van der Waals surface area contributed by atoms with Crippen LogP contribution < -0.4 is 4.72 Å². The lowest BCUT2D eigenvalue weighted by Gasteiger charge is -2.30. The maximum Gasteiger partial charge on any atom is 0.264 e. The van der Waals surface area contributed by atoms with Gasteiger partial charge in [0.2, 0.25) is 5.96 Å². The molecule has 0 spiro atoms. The number of aryl methyl sites for hydroxylation is 1. The van der Waals surface area contributed by atoms with Gasteiger partial charge in [-0.05, 0) is 31.4 Å². The number of nitrogens with one attached hydrogen (secondary N) is 1. The molecule has 1 aliphatic rings. The van der Waals surface area contributed by atoms with Crippen LogP contribution in [0.25, 0.3) is 0 Å². The molecular formula is C15H23N3O2S. The minimum Gasteiger partial charge on any atom is -0.342 e. The molecule has 0 saturated carbocycles. The van der Waals surface area contributed by atoms with E-state index in [1.165, 1.54) is 0 Å². The van der Waals surface area contributed by atoms with Gasteiger partial charge in [0.1, 0.15) is 0 Å². The summed E-state index contributed by atoms with van der Waals surface area (Å²) in [6.45, 7) is 8.46. The predicted octanol–water partition coefficient (Wildman–Crippen LogP) is 1.99. The number of aliphatic imine (C=N–C) groups is 1. The van der Waals surface area contributed by atoms with Crippen LogP contribution in [-0.2, 0) is 10.0 Å². The van der Waals surface area contributed by atoms with Crippen molar-refractivity contribution < 1.29 is 8.42 Å². The van der Waals surface area contributed by atoms with Gasteiger partial charge < -0.3 is 4.90 Å². The van der Waals surface area contributed by atoms with E-state index in [0.29, 0.717) is 18.4 Å². The number of nitrogens with zero attached hydrogens (tertiary/aromatic N) is 2. The molecule has 0 aromatic heterocycles. The van der Waals surface area contributed by atoms with Gasteiger partial charge in [0.05, 0.1) is 4.90 Å². The lowest BCUT2D eigenvalue weighted by molar-refractivity contribution is 0.342. The molecule has 6 heteroatoms. The zero-order chi connectivity index (χ0) is 15.5. The van der Waals surface area contributed by atoms with Gasteiger partial charge in [0.25, 0.3) is 10.0 Å². The van der Waals surface area contributed by atoms with Crippen LogP contribution in [0, 0.1) is 12.8 Å². The summed E-state index contributed by atoms with van der Waals surface area (Å²) in [5.74, 6) is 0.924. The van der Waals surface area contributed by atoms with E-state index in [1.807, 2.05) is 11.8 Å². The molecule has 1 heterocycles. The van der Waals surface area contributed by atoms with Gasteiger partial charge in [-0.15, -0.1) is 0 Å². The molecule has 0 aliphatic carbocycles. The van der Waals surface area contributed by atoms with Crippen molar-refractivity contribution in [1.82, 2.24) is 9.62 Å². The summed E-state index contributed by atoms with van der Waals surface area (Å²) in [6, 6.07) is 6.83. The third-order valence-corrected chi connectivity index (χ3v) is 4.63. The van der Waals surface area contributed by atoms with Crippen LogP contribution in [-0.4, -0.2) is 38.9 Å².